The number of fused-ring (bicyclic) bond motifs is 3. The molecule has 134 valence electrons. The average Bonchev–Trinajstić information content (AvgIpc) is 2.85. The number of esters is 1. The molecule has 0 saturated carbocycles. The van der Waals surface area contributed by atoms with Crippen LogP contribution in [0.3, 0.4) is 0 Å². The van der Waals surface area contributed by atoms with E-state index in [0.29, 0.717) is 21.3 Å². The fourth-order valence-electron chi connectivity index (χ4n) is 3.19. The predicted octanol–water partition coefficient (Wildman–Crippen LogP) is 2.27. The Kier molecular flexibility index (Phi) is 4.53. The molecule has 1 aliphatic rings. The number of benzene rings is 1. The van der Waals surface area contributed by atoms with Crippen molar-refractivity contribution in [3.8, 4) is 11.1 Å². The molecule has 26 heavy (non-hydrogen) atoms. The number of nitrogens with two attached hydrogens (primary N) is 1. The molecule has 1 aromatic heterocycles. The van der Waals surface area contributed by atoms with Crippen molar-refractivity contribution in [2.45, 2.75) is 20.4 Å². The Morgan fingerprint density at radius 1 is 1.19 bits per heavy atom. The first kappa shape index (κ1) is 18.1. The maximum Gasteiger partial charge on any atom is 0.340 e. The van der Waals surface area contributed by atoms with Crippen molar-refractivity contribution in [3.05, 3.63) is 45.2 Å². The van der Waals surface area contributed by atoms with Crippen molar-refractivity contribution >= 4 is 39.4 Å². The molecule has 0 saturated heterocycles. The van der Waals surface area contributed by atoms with E-state index in [1.807, 2.05) is 0 Å². The Labute approximate surface area is 157 Å². The molecule has 1 aliphatic carbocycles. The zero-order chi connectivity index (χ0) is 19.2. The normalized spacial score (nSPS) is 12.6. The van der Waals surface area contributed by atoms with E-state index < -0.39 is 23.4 Å². The number of amides is 1. The molecule has 0 fully saturated rings. The zero-order valence-electron chi connectivity index (χ0n) is 14.1. The number of ether oxygens (including phenoxy) is 1. The SMILES string of the molecule is CCOC(=O)c1c2c(n(CC(N)=O)c1C)C(=O)C(=O)c1ccc(Br)cc1-2. The number of hydrogen-bond acceptors (Lipinski definition) is 5. The second-order valence-electron chi connectivity index (χ2n) is 5.81. The van der Waals surface area contributed by atoms with Gasteiger partial charge in [-0.25, -0.2) is 4.79 Å². The number of carbonyl (C=O) groups is 4. The van der Waals surface area contributed by atoms with Crippen LogP contribution in [0.2, 0.25) is 0 Å². The molecule has 2 N–H and O–H groups in total. The number of hydrogen-bond donors (Lipinski definition) is 1. The van der Waals surface area contributed by atoms with E-state index >= 15 is 0 Å². The smallest absolute Gasteiger partial charge is 0.340 e. The summed E-state index contributed by atoms with van der Waals surface area (Å²) in [4.78, 5) is 49.3. The van der Waals surface area contributed by atoms with Crippen molar-refractivity contribution in [1.29, 1.82) is 0 Å². The summed E-state index contributed by atoms with van der Waals surface area (Å²) in [6.07, 6.45) is 0. The number of ketones is 2. The molecule has 1 heterocycles. The molecule has 0 aliphatic heterocycles. The summed E-state index contributed by atoms with van der Waals surface area (Å²) in [5.41, 5.74) is 6.71. The van der Waals surface area contributed by atoms with E-state index in [-0.39, 0.29) is 30.0 Å². The summed E-state index contributed by atoms with van der Waals surface area (Å²) in [6.45, 7) is 3.07. The molecule has 0 atom stereocenters. The van der Waals surface area contributed by atoms with Gasteiger partial charge in [0.15, 0.2) is 0 Å². The Balaban J connectivity index is 2.42. The lowest BCUT2D eigenvalue weighted by Crippen LogP contribution is -2.27. The number of Topliss-reactive ketones (excluding diaryl/α,β-unsaturated/α-hetero) is 2. The summed E-state index contributed by atoms with van der Waals surface area (Å²) in [7, 11) is 0. The van der Waals surface area contributed by atoms with Gasteiger partial charge in [-0.3, -0.25) is 14.4 Å². The van der Waals surface area contributed by atoms with Gasteiger partial charge in [-0.1, -0.05) is 15.9 Å². The Hall–Kier alpha value is -2.74. The van der Waals surface area contributed by atoms with Gasteiger partial charge in [0.1, 0.15) is 12.2 Å². The van der Waals surface area contributed by atoms with Gasteiger partial charge in [0.25, 0.3) is 5.78 Å². The lowest BCUT2D eigenvalue weighted by molar-refractivity contribution is -0.118. The van der Waals surface area contributed by atoms with E-state index in [1.165, 1.54) is 10.6 Å². The molecule has 2 aromatic rings. The fourth-order valence-corrected chi connectivity index (χ4v) is 3.55. The van der Waals surface area contributed by atoms with Gasteiger partial charge in [0.05, 0.1) is 12.2 Å². The van der Waals surface area contributed by atoms with Crippen LogP contribution >= 0.6 is 15.9 Å². The van der Waals surface area contributed by atoms with Gasteiger partial charge in [-0.15, -0.1) is 0 Å². The maximum absolute atomic E-state index is 12.7. The number of carbonyl (C=O) groups excluding carboxylic acids is 4. The summed E-state index contributed by atoms with van der Waals surface area (Å²) < 4.78 is 7.12. The van der Waals surface area contributed by atoms with E-state index in [1.54, 1.807) is 26.0 Å². The highest BCUT2D eigenvalue weighted by molar-refractivity contribution is 9.10. The number of aromatic nitrogens is 1. The number of rotatable bonds is 4. The van der Waals surface area contributed by atoms with Crippen LogP contribution in [0.5, 0.6) is 0 Å². The molecule has 3 rings (SSSR count). The summed E-state index contributed by atoms with van der Waals surface area (Å²) in [6, 6.07) is 4.83. The first-order chi connectivity index (χ1) is 12.3. The highest BCUT2D eigenvalue weighted by atomic mass is 79.9. The van der Waals surface area contributed by atoms with E-state index in [0.717, 1.165) is 0 Å². The molecule has 1 amide bonds. The number of halogens is 1. The lowest BCUT2D eigenvalue weighted by atomic mass is 9.86. The molecule has 1 aromatic carbocycles. The third kappa shape index (κ3) is 2.66. The second-order valence-corrected chi connectivity index (χ2v) is 6.72. The molecule has 7 nitrogen and oxygen atoms in total. The van der Waals surface area contributed by atoms with Crippen LogP contribution in [0.25, 0.3) is 11.1 Å². The van der Waals surface area contributed by atoms with Crippen LogP contribution in [0.1, 0.15) is 43.8 Å². The molecule has 0 bridgehead atoms. The quantitative estimate of drug-likeness (QED) is 0.604. The minimum atomic E-state index is -0.783. The van der Waals surface area contributed by atoms with Crippen molar-refractivity contribution in [3.63, 3.8) is 0 Å². The standard InChI is InChI=1S/C18H15BrN2O5/c1-3-26-18(25)13-8(2)21(7-12(20)22)15-14(13)11-6-9(19)4-5-10(11)16(23)17(15)24/h4-6H,3,7H2,1-2H3,(H2,20,22). The number of nitrogens with zero attached hydrogens (tertiary/aromatic N) is 1. The first-order valence-corrected chi connectivity index (χ1v) is 8.64. The largest absolute Gasteiger partial charge is 0.462 e. The molecule has 0 radical (unpaired) electrons. The molecular formula is C18H15BrN2O5. The number of primary amides is 1. The monoisotopic (exact) mass is 418 g/mol. The first-order valence-electron chi connectivity index (χ1n) is 7.85. The molecular weight excluding hydrogens is 404 g/mol. The highest BCUT2D eigenvalue weighted by Gasteiger charge is 2.39. The van der Waals surface area contributed by atoms with Crippen LogP contribution in [-0.2, 0) is 16.1 Å². The third-order valence-corrected chi connectivity index (χ3v) is 4.73. The van der Waals surface area contributed by atoms with Gasteiger partial charge in [0.2, 0.25) is 11.7 Å². The van der Waals surface area contributed by atoms with E-state index in [2.05, 4.69) is 15.9 Å². The Morgan fingerprint density at radius 3 is 2.50 bits per heavy atom. The van der Waals surface area contributed by atoms with Crippen molar-refractivity contribution < 1.29 is 23.9 Å². The summed E-state index contributed by atoms with van der Waals surface area (Å²) in [5.74, 6) is -2.80. The van der Waals surface area contributed by atoms with Crippen molar-refractivity contribution in [2.75, 3.05) is 6.61 Å². The van der Waals surface area contributed by atoms with Crippen molar-refractivity contribution in [1.82, 2.24) is 4.57 Å². The van der Waals surface area contributed by atoms with Gasteiger partial charge in [-0.05, 0) is 37.6 Å². The second kappa shape index (κ2) is 6.53. The molecule has 0 spiro atoms. The van der Waals surface area contributed by atoms with Crippen LogP contribution < -0.4 is 5.73 Å². The predicted molar refractivity (Wildman–Crippen MR) is 96.1 cm³/mol. The topological polar surface area (TPSA) is 108 Å². The maximum atomic E-state index is 12.7. The van der Waals surface area contributed by atoms with Gasteiger partial charge < -0.3 is 15.0 Å². The van der Waals surface area contributed by atoms with Crippen molar-refractivity contribution in [2.24, 2.45) is 5.73 Å². The molecule has 0 unspecified atom stereocenters. The van der Waals surface area contributed by atoms with Crippen LogP contribution in [0, 0.1) is 6.92 Å². The van der Waals surface area contributed by atoms with Crippen LogP contribution in [0.4, 0.5) is 0 Å². The fraction of sp³-hybridized carbons (Fsp3) is 0.222. The minimum absolute atomic E-state index is 0.0139. The Morgan fingerprint density at radius 2 is 1.88 bits per heavy atom. The summed E-state index contributed by atoms with van der Waals surface area (Å²) in [5, 5.41) is 0. The van der Waals surface area contributed by atoms with Crippen LogP contribution in [0.15, 0.2) is 22.7 Å². The van der Waals surface area contributed by atoms with Gasteiger partial charge in [-0.2, -0.15) is 0 Å². The van der Waals surface area contributed by atoms with Gasteiger partial charge in [0, 0.05) is 21.3 Å². The summed E-state index contributed by atoms with van der Waals surface area (Å²) >= 11 is 3.34. The van der Waals surface area contributed by atoms with Crippen LogP contribution in [-0.4, -0.2) is 34.6 Å². The van der Waals surface area contributed by atoms with E-state index in [4.69, 9.17) is 10.5 Å². The average molecular weight is 419 g/mol. The highest BCUT2D eigenvalue weighted by Crippen LogP contribution is 2.40. The Bertz CT molecular complexity index is 990. The minimum Gasteiger partial charge on any atom is -0.462 e. The third-order valence-electron chi connectivity index (χ3n) is 4.23. The molecule has 8 heteroatoms. The van der Waals surface area contributed by atoms with E-state index in [9.17, 15) is 19.2 Å². The zero-order valence-corrected chi connectivity index (χ0v) is 15.7. The van der Waals surface area contributed by atoms with Gasteiger partial charge >= 0.3 is 5.97 Å². The lowest BCUT2D eigenvalue weighted by Gasteiger charge is -2.17.